The van der Waals surface area contributed by atoms with Crippen LogP contribution in [0.25, 0.3) is 22.8 Å². The minimum Gasteiger partial charge on any atom is -0.493 e. The van der Waals surface area contributed by atoms with Crippen LogP contribution in [0, 0.1) is 13.8 Å². The van der Waals surface area contributed by atoms with Gasteiger partial charge in [0, 0.05) is 6.08 Å². The van der Waals surface area contributed by atoms with Gasteiger partial charge in [-0.25, -0.2) is 14.3 Å². The largest absolute Gasteiger partial charge is 0.493 e. The van der Waals surface area contributed by atoms with Crippen LogP contribution in [0.3, 0.4) is 0 Å². The highest BCUT2D eigenvalue weighted by Crippen LogP contribution is 2.28. The summed E-state index contributed by atoms with van der Waals surface area (Å²) in [5.74, 6) is 0.646. The van der Waals surface area contributed by atoms with E-state index in [1.807, 2.05) is 32.0 Å². The van der Waals surface area contributed by atoms with Crippen molar-refractivity contribution in [2.75, 3.05) is 19.6 Å². The Morgan fingerprint density at radius 3 is 2.55 bits per heavy atom. The van der Waals surface area contributed by atoms with Gasteiger partial charge < -0.3 is 9.47 Å². The van der Waals surface area contributed by atoms with Crippen molar-refractivity contribution in [3.8, 4) is 17.2 Å². The second-order valence-corrected chi connectivity index (χ2v) is 7.41. The number of carbonyl (C=O) groups is 1. The van der Waals surface area contributed by atoms with E-state index >= 15 is 0 Å². The van der Waals surface area contributed by atoms with E-state index in [-0.39, 0.29) is 0 Å². The molecule has 0 aliphatic heterocycles. The molecule has 1 N–H and O–H groups in total. The molecule has 0 unspecified atom stereocenters. The van der Waals surface area contributed by atoms with Crippen LogP contribution in [0.1, 0.15) is 16.7 Å². The maximum atomic E-state index is 12.9. The van der Waals surface area contributed by atoms with E-state index in [9.17, 15) is 9.59 Å². The third-order valence-electron chi connectivity index (χ3n) is 5.29. The predicted molar refractivity (Wildman–Crippen MR) is 126 cm³/mol. The highest BCUT2D eigenvalue weighted by molar-refractivity contribution is 5.97. The summed E-state index contributed by atoms with van der Waals surface area (Å²) in [6, 6.07) is 11.2. The van der Waals surface area contributed by atoms with E-state index in [1.165, 1.54) is 25.7 Å². The fourth-order valence-electron chi connectivity index (χ4n) is 3.32. The van der Waals surface area contributed by atoms with E-state index in [0.717, 1.165) is 27.1 Å². The molecule has 0 bridgehead atoms. The SMILES string of the molecule is COc1ccc(/C=C/C(=O)Nn2cnc3c(cnn3-c3ccc(C)c(C)c3)c2=O)cc1OC. The summed E-state index contributed by atoms with van der Waals surface area (Å²) in [5.41, 5.74) is 6.31. The summed E-state index contributed by atoms with van der Waals surface area (Å²) >= 11 is 0. The lowest BCUT2D eigenvalue weighted by Crippen LogP contribution is -2.32. The molecule has 0 spiro atoms. The number of carbonyl (C=O) groups excluding carboxylic acids is 1. The lowest BCUT2D eigenvalue weighted by Gasteiger charge is -2.08. The minimum atomic E-state index is -0.491. The quantitative estimate of drug-likeness (QED) is 0.458. The number of benzene rings is 2. The normalized spacial score (nSPS) is 11.2. The number of nitrogens with one attached hydrogen (secondary N) is 1. The maximum Gasteiger partial charge on any atom is 0.283 e. The predicted octanol–water partition coefficient (Wildman–Crippen LogP) is 3.00. The molecule has 0 radical (unpaired) electrons. The first-order valence-corrected chi connectivity index (χ1v) is 10.2. The Balaban J connectivity index is 1.56. The molecule has 0 atom stereocenters. The molecule has 0 saturated heterocycles. The molecule has 4 aromatic rings. The van der Waals surface area contributed by atoms with Crippen LogP contribution in [0.4, 0.5) is 0 Å². The molecule has 0 aliphatic rings. The van der Waals surface area contributed by atoms with Crippen LogP contribution in [-0.4, -0.2) is 39.6 Å². The zero-order valence-electron chi connectivity index (χ0n) is 18.7. The van der Waals surface area contributed by atoms with Crippen molar-refractivity contribution in [1.82, 2.24) is 19.4 Å². The topological polar surface area (TPSA) is 100 Å². The van der Waals surface area contributed by atoms with Crippen LogP contribution >= 0.6 is 0 Å². The van der Waals surface area contributed by atoms with Crippen molar-refractivity contribution in [3.05, 3.63) is 82.0 Å². The standard InChI is InChI=1S/C24H23N5O4/c1-15-5-8-18(11-16(15)2)29-23-19(13-26-29)24(31)28(14-25-23)27-22(30)10-7-17-6-9-20(32-3)21(12-17)33-4/h5-14H,1-4H3,(H,27,30)/b10-7+. The molecule has 0 saturated carbocycles. The number of nitrogens with zero attached hydrogens (tertiary/aromatic N) is 4. The van der Waals surface area contributed by atoms with Crippen LogP contribution < -0.4 is 20.5 Å². The third kappa shape index (κ3) is 4.33. The minimum absolute atomic E-state index is 0.292. The molecule has 33 heavy (non-hydrogen) atoms. The third-order valence-corrected chi connectivity index (χ3v) is 5.29. The molecule has 0 aliphatic carbocycles. The summed E-state index contributed by atoms with van der Waals surface area (Å²) in [7, 11) is 3.09. The highest BCUT2D eigenvalue weighted by Gasteiger charge is 2.13. The number of amides is 1. The summed E-state index contributed by atoms with van der Waals surface area (Å²) < 4.78 is 13.1. The molecule has 1 amide bonds. The number of methoxy groups -OCH3 is 2. The number of aryl methyl sites for hydroxylation is 2. The molecule has 9 heteroatoms. The van der Waals surface area contributed by atoms with Gasteiger partial charge in [0.2, 0.25) is 0 Å². The lowest BCUT2D eigenvalue weighted by atomic mass is 10.1. The number of rotatable bonds is 6. The van der Waals surface area contributed by atoms with Gasteiger partial charge in [0.1, 0.15) is 11.7 Å². The monoisotopic (exact) mass is 445 g/mol. The molecule has 4 rings (SSSR count). The lowest BCUT2D eigenvalue weighted by molar-refractivity contribution is -0.112. The van der Waals surface area contributed by atoms with Gasteiger partial charge in [0.25, 0.3) is 11.5 Å². The van der Waals surface area contributed by atoms with Crippen LogP contribution in [0.15, 0.2) is 59.8 Å². The smallest absolute Gasteiger partial charge is 0.283 e. The van der Waals surface area contributed by atoms with Gasteiger partial charge >= 0.3 is 0 Å². The Labute approximate surface area is 189 Å². The van der Waals surface area contributed by atoms with Gasteiger partial charge in [-0.05, 0) is 60.9 Å². The molecule has 0 fully saturated rings. The van der Waals surface area contributed by atoms with Gasteiger partial charge in [-0.15, -0.1) is 0 Å². The summed E-state index contributed by atoms with van der Waals surface area (Å²) in [4.78, 5) is 29.6. The Morgan fingerprint density at radius 1 is 1.03 bits per heavy atom. The fraction of sp³-hybridized carbons (Fsp3) is 0.167. The average molecular weight is 445 g/mol. The van der Waals surface area contributed by atoms with Crippen molar-refractivity contribution >= 4 is 23.0 Å². The number of aromatic nitrogens is 4. The van der Waals surface area contributed by atoms with Crippen molar-refractivity contribution < 1.29 is 14.3 Å². The Morgan fingerprint density at radius 2 is 1.82 bits per heavy atom. The molecule has 168 valence electrons. The number of ether oxygens (including phenoxy) is 2. The van der Waals surface area contributed by atoms with Crippen LogP contribution in [-0.2, 0) is 4.79 Å². The molecule has 2 aromatic heterocycles. The van der Waals surface area contributed by atoms with Gasteiger partial charge in [-0.1, -0.05) is 12.1 Å². The summed E-state index contributed by atoms with van der Waals surface area (Å²) in [6.07, 6.45) is 5.64. The van der Waals surface area contributed by atoms with Gasteiger partial charge in [-0.2, -0.15) is 5.10 Å². The van der Waals surface area contributed by atoms with E-state index in [1.54, 1.807) is 36.1 Å². The first-order valence-electron chi connectivity index (χ1n) is 10.2. The van der Waals surface area contributed by atoms with Crippen molar-refractivity contribution in [3.63, 3.8) is 0 Å². The van der Waals surface area contributed by atoms with Crippen molar-refractivity contribution in [2.45, 2.75) is 13.8 Å². The fourth-order valence-corrected chi connectivity index (χ4v) is 3.32. The Hall–Kier alpha value is -4.40. The van der Waals surface area contributed by atoms with E-state index in [4.69, 9.17) is 9.47 Å². The first kappa shape index (κ1) is 21.8. The molecular formula is C24H23N5O4. The highest BCUT2D eigenvalue weighted by atomic mass is 16.5. The summed E-state index contributed by atoms with van der Waals surface area (Å²) in [6.45, 7) is 4.04. The van der Waals surface area contributed by atoms with Crippen LogP contribution in [0.2, 0.25) is 0 Å². The van der Waals surface area contributed by atoms with Crippen molar-refractivity contribution in [2.24, 2.45) is 0 Å². The molecule has 9 nitrogen and oxygen atoms in total. The van der Waals surface area contributed by atoms with E-state index in [2.05, 4.69) is 15.5 Å². The zero-order chi connectivity index (χ0) is 23.5. The molecular weight excluding hydrogens is 422 g/mol. The van der Waals surface area contributed by atoms with E-state index < -0.39 is 11.5 Å². The van der Waals surface area contributed by atoms with E-state index in [0.29, 0.717) is 22.5 Å². The van der Waals surface area contributed by atoms with Gasteiger partial charge in [0.05, 0.1) is 26.1 Å². The number of hydrogen-bond donors (Lipinski definition) is 1. The number of fused-ring (bicyclic) bond motifs is 1. The Bertz CT molecular complexity index is 1430. The maximum absolute atomic E-state index is 12.9. The van der Waals surface area contributed by atoms with Crippen molar-refractivity contribution in [1.29, 1.82) is 0 Å². The second kappa shape index (κ2) is 8.99. The second-order valence-electron chi connectivity index (χ2n) is 7.41. The number of hydrogen-bond acceptors (Lipinski definition) is 6. The summed E-state index contributed by atoms with van der Waals surface area (Å²) in [5, 5.41) is 4.61. The average Bonchev–Trinajstić information content (AvgIpc) is 3.26. The van der Waals surface area contributed by atoms with Gasteiger partial charge in [0.15, 0.2) is 17.1 Å². The zero-order valence-corrected chi connectivity index (χ0v) is 18.7. The molecule has 2 aromatic carbocycles. The Kier molecular flexibility index (Phi) is 5.95. The molecule has 2 heterocycles. The van der Waals surface area contributed by atoms with Gasteiger partial charge in [-0.3, -0.25) is 15.0 Å². The first-order chi connectivity index (χ1) is 15.9. The van der Waals surface area contributed by atoms with Crippen LogP contribution in [0.5, 0.6) is 11.5 Å².